The highest BCUT2D eigenvalue weighted by atomic mass is 32.1. The molecule has 0 bridgehead atoms. The number of benzene rings is 1. The van der Waals surface area contributed by atoms with Gasteiger partial charge in [-0.2, -0.15) is 0 Å². The van der Waals surface area contributed by atoms with E-state index in [1.807, 2.05) is 19.2 Å². The number of ether oxygens (including phenoxy) is 3. The predicted octanol–water partition coefficient (Wildman–Crippen LogP) is 1.95. The highest BCUT2D eigenvalue weighted by molar-refractivity contribution is 7.14. The minimum absolute atomic E-state index is 0.568. The second-order valence-electron chi connectivity index (χ2n) is 3.95. The van der Waals surface area contributed by atoms with Gasteiger partial charge in [0.1, 0.15) is 10.0 Å². The number of hydrogen-bond donors (Lipinski definition) is 1. The summed E-state index contributed by atoms with van der Waals surface area (Å²) in [5.41, 5.74) is 0.888. The molecule has 0 spiro atoms. The molecule has 1 aromatic heterocycles. The van der Waals surface area contributed by atoms with Gasteiger partial charge in [0.15, 0.2) is 11.5 Å². The zero-order chi connectivity index (χ0) is 14.5. The average molecular weight is 295 g/mol. The molecule has 0 amide bonds. The fraction of sp³-hybridized carbons (Fsp3) is 0.385. The average Bonchev–Trinajstić information content (AvgIpc) is 2.94. The van der Waals surface area contributed by atoms with Gasteiger partial charge in [0, 0.05) is 12.1 Å². The molecule has 108 valence electrons. The summed E-state index contributed by atoms with van der Waals surface area (Å²) < 4.78 is 16.0. The van der Waals surface area contributed by atoms with Crippen molar-refractivity contribution in [3.8, 4) is 27.8 Å². The third-order valence-corrected chi connectivity index (χ3v) is 3.68. The molecule has 2 rings (SSSR count). The summed E-state index contributed by atoms with van der Waals surface area (Å²) in [6, 6.07) is 3.73. The zero-order valence-corrected chi connectivity index (χ0v) is 12.7. The molecular weight excluding hydrogens is 278 g/mol. The molecule has 2 aromatic rings. The van der Waals surface area contributed by atoms with E-state index in [9.17, 15) is 0 Å². The molecule has 1 heterocycles. The van der Waals surface area contributed by atoms with Crippen molar-refractivity contribution in [1.82, 2.24) is 15.5 Å². The van der Waals surface area contributed by atoms with E-state index in [-0.39, 0.29) is 0 Å². The van der Waals surface area contributed by atoms with E-state index >= 15 is 0 Å². The normalized spacial score (nSPS) is 10.4. The maximum atomic E-state index is 5.33. The second-order valence-corrected chi connectivity index (χ2v) is 5.01. The zero-order valence-electron chi connectivity index (χ0n) is 11.9. The molecule has 0 atom stereocenters. The minimum atomic E-state index is 0.568. The highest BCUT2D eigenvalue weighted by Crippen LogP contribution is 2.41. The van der Waals surface area contributed by atoms with Crippen molar-refractivity contribution in [2.24, 2.45) is 0 Å². The molecule has 0 radical (unpaired) electrons. The van der Waals surface area contributed by atoms with Gasteiger partial charge >= 0.3 is 0 Å². The molecule has 20 heavy (non-hydrogen) atoms. The van der Waals surface area contributed by atoms with Crippen molar-refractivity contribution in [2.45, 2.75) is 6.54 Å². The minimum Gasteiger partial charge on any atom is -0.493 e. The smallest absolute Gasteiger partial charge is 0.203 e. The largest absolute Gasteiger partial charge is 0.493 e. The Labute approximate surface area is 121 Å². The van der Waals surface area contributed by atoms with Crippen LogP contribution in [0.15, 0.2) is 12.1 Å². The molecule has 0 aliphatic heterocycles. The van der Waals surface area contributed by atoms with Gasteiger partial charge in [-0.1, -0.05) is 11.3 Å². The molecule has 0 unspecified atom stereocenters. The monoisotopic (exact) mass is 295 g/mol. The van der Waals surface area contributed by atoms with Crippen molar-refractivity contribution in [1.29, 1.82) is 0 Å². The molecule has 7 heteroatoms. The number of nitrogens with zero attached hydrogens (tertiary/aromatic N) is 2. The molecule has 0 saturated heterocycles. The summed E-state index contributed by atoms with van der Waals surface area (Å²) in [4.78, 5) is 0. The quantitative estimate of drug-likeness (QED) is 0.878. The van der Waals surface area contributed by atoms with Crippen LogP contribution in [0.5, 0.6) is 17.2 Å². The van der Waals surface area contributed by atoms with Crippen LogP contribution in [0, 0.1) is 0 Å². The van der Waals surface area contributed by atoms with E-state index in [1.54, 1.807) is 21.3 Å². The number of rotatable bonds is 6. The number of nitrogens with one attached hydrogen (secondary N) is 1. The summed E-state index contributed by atoms with van der Waals surface area (Å²) in [7, 11) is 6.64. The lowest BCUT2D eigenvalue weighted by atomic mass is 10.2. The molecule has 0 fully saturated rings. The molecule has 0 aliphatic rings. The van der Waals surface area contributed by atoms with Crippen LogP contribution < -0.4 is 19.5 Å². The van der Waals surface area contributed by atoms with E-state index in [2.05, 4.69) is 15.5 Å². The summed E-state index contributed by atoms with van der Waals surface area (Å²) >= 11 is 1.53. The number of aromatic nitrogens is 2. The third-order valence-electron chi connectivity index (χ3n) is 2.71. The van der Waals surface area contributed by atoms with E-state index in [4.69, 9.17) is 14.2 Å². The third kappa shape index (κ3) is 2.83. The second kappa shape index (κ2) is 6.53. The van der Waals surface area contributed by atoms with Gasteiger partial charge in [0.05, 0.1) is 21.3 Å². The van der Waals surface area contributed by atoms with E-state index in [0.29, 0.717) is 23.8 Å². The lowest BCUT2D eigenvalue weighted by Crippen LogP contribution is -2.04. The standard InChI is InChI=1S/C13H17N3O3S/c1-14-7-11-15-16-13(20-11)8-5-9(17-2)12(19-4)10(6-8)18-3/h5-6,14H,7H2,1-4H3. The highest BCUT2D eigenvalue weighted by Gasteiger charge is 2.16. The van der Waals surface area contributed by atoms with Gasteiger partial charge in [-0.3, -0.25) is 0 Å². The Bertz CT molecular complexity index is 561. The first-order valence-corrected chi connectivity index (χ1v) is 6.82. The fourth-order valence-corrected chi connectivity index (χ4v) is 2.64. The first-order valence-electron chi connectivity index (χ1n) is 6.00. The SMILES string of the molecule is CNCc1nnc(-c2cc(OC)c(OC)c(OC)c2)s1. The maximum absolute atomic E-state index is 5.33. The van der Waals surface area contributed by atoms with Gasteiger partial charge in [-0.05, 0) is 19.2 Å². The Morgan fingerprint density at radius 1 is 1.05 bits per heavy atom. The number of methoxy groups -OCH3 is 3. The molecule has 1 aromatic carbocycles. The lowest BCUT2D eigenvalue weighted by Gasteiger charge is -2.13. The molecular formula is C13H17N3O3S. The van der Waals surface area contributed by atoms with Gasteiger partial charge < -0.3 is 19.5 Å². The molecule has 0 saturated carbocycles. The van der Waals surface area contributed by atoms with Crippen LogP contribution >= 0.6 is 11.3 Å². The van der Waals surface area contributed by atoms with Crippen molar-refractivity contribution in [3.63, 3.8) is 0 Å². The van der Waals surface area contributed by atoms with Gasteiger partial charge in [0.2, 0.25) is 5.75 Å². The summed E-state index contributed by atoms with van der Waals surface area (Å²) in [5.74, 6) is 1.78. The van der Waals surface area contributed by atoms with Crippen LogP contribution in [0.3, 0.4) is 0 Å². The van der Waals surface area contributed by atoms with Crippen LogP contribution in [0.25, 0.3) is 10.6 Å². The Morgan fingerprint density at radius 3 is 2.20 bits per heavy atom. The van der Waals surface area contributed by atoms with Gasteiger partial charge in [0.25, 0.3) is 0 Å². The van der Waals surface area contributed by atoms with Crippen LogP contribution in [0.1, 0.15) is 5.01 Å². The fourth-order valence-electron chi connectivity index (χ4n) is 1.80. The Balaban J connectivity index is 2.45. The molecule has 6 nitrogen and oxygen atoms in total. The summed E-state index contributed by atoms with van der Waals surface area (Å²) in [6.45, 7) is 0.697. The van der Waals surface area contributed by atoms with Crippen molar-refractivity contribution in [3.05, 3.63) is 17.1 Å². The summed E-state index contributed by atoms with van der Waals surface area (Å²) in [5, 5.41) is 13.1. The maximum Gasteiger partial charge on any atom is 0.203 e. The number of hydrogen-bond acceptors (Lipinski definition) is 7. The van der Waals surface area contributed by atoms with Crippen molar-refractivity contribution >= 4 is 11.3 Å². The summed E-state index contributed by atoms with van der Waals surface area (Å²) in [6.07, 6.45) is 0. The molecule has 1 N–H and O–H groups in total. The Morgan fingerprint density at radius 2 is 1.70 bits per heavy atom. The predicted molar refractivity (Wildman–Crippen MR) is 77.8 cm³/mol. The van der Waals surface area contributed by atoms with Crippen LogP contribution in [-0.2, 0) is 6.54 Å². The van der Waals surface area contributed by atoms with Crippen molar-refractivity contribution < 1.29 is 14.2 Å². The van der Waals surface area contributed by atoms with Crippen LogP contribution in [0.4, 0.5) is 0 Å². The van der Waals surface area contributed by atoms with Crippen LogP contribution in [0.2, 0.25) is 0 Å². The van der Waals surface area contributed by atoms with Crippen LogP contribution in [-0.4, -0.2) is 38.6 Å². The van der Waals surface area contributed by atoms with E-state index < -0.39 is 0 Å². The van der Waals surface area contributed by atoms with E-state index in [1.165, 1.54) is 11.3 Å². The van der Waals surface area contributed by atoms with Gasteiger partial charge in [-0.15, -0.1) is 10.2 Å². The Hall–Kier alpha value is -1.86. The van der Waals surface area contributed by atoms with Crippen molar-refractivity contribution in [2.75, 3.05) is 28.4 Å². The van der Waals surface area contributed by atoms with E-state index in [0.717, 1.165) is 15.6 Å². The molecule has 0 aliphatic carbocycles. The Kier molecular flexibility index (Phi) is 4.75. The van der Waals surface area contributed by atoms with Gasteiger partial charge in [-0.25, -0.2) is 0 Å². The first-order chi connectivity index (χ1) is 9.73. The lowest BCUT2D eigenvalue weighted by molar-refractivity contribution is 0.324. The first kappa shape index (κ1) is 14.5. The topological polar surface area (TPSA) is 65.5 Å².